The van der Waals surface area contributed by atoms with E-state index in [-0.39, 0.29) is 17.1 Å². The van der Waals surface area contributed by atoms with E-state index in [0.717, 1.165) is 30.3 Å². The molecule has 33 heavy (non-hydrogen) atoms. The first kappa shape index (κ1) is 23.3. The van der Waals surface area contributed by atoms with Crippen LogP contribution in [-0.4, -0.2) is 48.5 Å². The average Bonchev–Trinajstić information content (AvgIpc) is 3.14. The van der Waals surface area contributed by atoms with Gasteiger partial charge in [-0.3, -0.25) is 0 Å². The fourth-order valence-corrected chi connectivity index (χ4v) is 5.79. The summed E-state index contributed by atoms with van der Waals surface area (Å²) in [5.74, 6) is 0.985. The molecule has 4 rings (SSSR count). The SMILES string of the molecule is COc1ccc(S(=O)(=O)N2CCCCC2)cc1NC(=O)NCc1nc2cccc(Cl)c2n1C. The number of sulfonamides is 1. The van der Waals surface area contributed by atoms with E-state index in [0.29, 0.717) is 29.7 Å². The third-order valence-corrected chi connectivity index (χ3v) is 7.92. The Morgan fingerprint density at radius 3 is 2.64 bits per heavy atom. The zero-order valence-corrected chi connectivity index (χ0v) is 20.0. The minimum Gasteiger partial charge on any atom is -0.495 e. The number of amides is 2. The average molecular weight is 492 g/mol. The molecular weight excluding hydrogens is 466 g/mol. The van der Waals surface area contributed by atoms with Crippen molar-refractivity contribution in [2.24, 2.45) is 7.05 Å². The number of hydrogen-bond donors (Lipinski definition) is 2. The first-order valence-corrected chi connectivity index (χ1v) is 12.5. The van der Waals surface area contributed by atoms with E-state index in [4.69, 9.17) is 16.3 Å². The van der Waals surface area contributed by atoms with Crippen molar-refractivity contribution in [3.05, 3.63) is 47.2 Å². The molecule has 0 spiro atoms. The van der Waals surface area contributed by atoms with Crippen molar-refractivity contribution in [2.45, 2.75) is 30.7 Å². The Balaban J connectivity index is 1.50. The Kier molecular flexibility index (Phi) is 6.78. The van der Waals surface area contributed by atoms with E-state index in [1.165, 1.54) is 23.5 Å². The highest BCUT2D eigenvalue weighted by Crippen LogP contribution is 2.30. The summed E-state index contributed by atoms with van der Waals surface area (Å²) in [5, 5.41) is 6.02. The van der Waals surface area contributed by atoms with Gasteiger partial charge in [-0.2, -0.15) is 4.31 Å². The number of anilines is 1. The van der Waals surface area contributed by atoms with Crippen LogP contribution >= 0.6 is 11.6 Å². The molecule has 1 fully saturated rings. The lowest BCUT2D eigenvalue weighted by Crippen LogP contribution is -2.35. The van der Waals surface area contributed by atoms with Crippen LogP contribution in [0.15, 0.2) is 41.3 Å². The molecule has 11 heteroatoms. The van der Waals surface area contributed by atoms with Gasteiger partial charge in [-0.25, -0.2) is 18.2 Å². The number of carbonyl (C=O) groups is 1. The second-order valence-electron chi connectivity index (χ2n) is 7.83. The number of imidazole rings is 1. The predicted octanol–water partition coefficient (Wildman–Crippen LogP) is 3.73. The number of fused-ring (bicyclic) bond motifs is 1. The van der Waals surface area contributed by atoms with Crippen molar-refractivity contribution >= 4 is 44.4 Å². The molecule has 0 unspecified atom stereocenters. The van der Waals surface area contributed by atoms with Crippen LogP contribution < -0.4 is 15.4 Å². The van der Waals surface area contributed by atoms with Gasteiger partial charge in [-0.05, 0) is 43.2 Å². The first-order chi connectivity index (χ1) is 15.8. The maximum atomic E-state index is 13.0. The van der Waals surface area contributed by atoms with Crippen molar-refractivity contribution in [2.75, 3.05) is 25.5 Å². The second-order valence-corrected chi connectivity index (χ2v) is 10.2. The fourth-order valence-electron chi connectivity index (χ4n) is 3.95. The van der Waals surface area contributed by atoms with Crippen LogP contribution in [0.3, 0.4) is 0 Å². The third kappa shape index (κ3) is 4.78. The van der Waals surface area contributed by atoms with Crippen molar-refractivity contribution < 1.29 is 17.9 Å². The number of aryl methyl sites for hydroxylation is 1. The molecule has 2 amide bonds. The van der Waals surface area contributed by atoms with E-state index in [9.17, 15) is 13.2 Å². The van der Waals surface area contributed by atoms with E-state index in [1.54, 1.807) is 12.1 Å². The number of halogens is 1. The molecule has 2 N–H and O–H groups in total. The smallest absolute Gasteiger partial charge is 0.319 e. The minimum absolute atomic E-state index is 0.116. The largest absolute Gasteiger partial charge is 0.495 e. The summed E-state index contributed by atoms with van der Waals surface area (Å²) in [7, 11) is -0.359. The second kappa shape index (κ2) is 9.58. The van der Waals surface area contributed by atoms with Crippen LogP contribution in [0.25, 0.3) is 11.0 Å². The van der Waals surface area contributed by atoms with E-state index in [1.807, 2.05) is 23.7 Å². The molecule has 1 aromatic heterocycles. The number of aromatic nitrogens is 2. The number of nitrogens with one attached hydrogen (secondary N) is 2. The number of nitrogens with zero attached hydrogens (tertiary/aromatic N) is 3. The summed E-state index contributed by atoms with van der Waals surface area (Å²) in [6.45, 7) is 1.15. The Labute approximate surface area is 197 Å². The molecule has 0 atom stereocenters. The zero-order valence-electron chi connectivity index (χ0n) is 18.5. The summed E-state index contributed by atoms with van der Waals surface area (Å²) in [6, 6.07) is 9.40. The highest BCUT2D eigenvalue weighted by atomic mass is 35.5. The van der Waals surface area contributed by atoms with Crippen LogP contribution in [0.5, 0.6) is 5.75 Å². The van der Waals surface area contributed by atoms with Crippen LogP contribution in [0.4, 0.5) is 10.5 Å². The molecule has 176 valence electrons. The van der Waals surface area contributed by atoms with Gasteiger partial charge in [0.05, 0.1) is 40.3 Å². The number of hydrogen-bond acceptors (Lipinski definition) is 5. The van der Waals surface area contributed by atoms with Crippen LogP contribution in [0.2, 0.25) is 5.02 Å². The molecule has 2 heterocycles. The molecule has 1 aliphatic rings. The number of piperidine rings is 1. The summed E-state index contributed by atoms with van der Waals surface area (Å²) in [5.41, 5.74) is 1.79. The molecule has 0 aliphatic carbocycles. The molecule has 1 saturated heterocycles. The first-order valence-electron chi connectivity index (χ1n) is 10.6. The number of carbonyl (C=O) groups excluding carboxylic acids is 1. The number of rotatable bonds is 6. The third-order valence-electron chi connectivity index (χ3n) is 5.72. The van der Waals surface area contributed by atoms with Gasteiger partial charge in [0.1, 0.15) is 11.6 Å². The van der Waals surface area contributed by atoms with Crippen molar-refractivity contribution in [3.63, 3.8) is 0 Å². The lowest BCUT2D eigenvalue weighted by atomic mass is 10.2. The van der Waals surface area contributed by atoms with Gasteiger partial charge < -0.3 is 19.9 Å². The minimum atomic E-state index is -3.64. The lowest BCUT2D eigenvalue weighted by molar-refractivity contribution is 0.251. The maximum absolute atomic E-state index is 13.0. The van der Waals surface area contributed by atoms with Crippen molar-refractivity contribution in [3.8, 4) is 5.75 Å². The quantitative estimate of drug-likeness (QED) is 0.546. The number of ether oxygens (including phenoxy) is 1. The van der Waals surface area contributed by atoms with Gasteiger partial charge in [-0.15, -0.1) is 0 Å². The molecule has 3 aromatic rings. The van der Waals surface area contributed by atoms with Gasteiger partial charge in [-0.1, -0.05) is 24.1 Å². The van der Waals surface area contributed by atoms with Gasteiger partial charge >= 0.3 is 6.03 Å². The molecule has 1 aliphatic heterocycles. The number of urea groups is 1. The summed E-state index contributed by atoms with van der Waals surface area (Å²) in [6.07, 6.45) is 2.71. The monoisotopic (exact) mass is 491 g/mol. The summed E-state index contributed by atoms with van der Waals surface area (Å²) < 4.78 is 34.7. The Bertz CT molecular complexity index is 1290. The van der Waals surface area contributed by atoms with Crippen LogP contribution in [0, 0.1) is 0 Å². The van der Waals surface area contributed by atoms with Crippen molar-refractivity contribution in [1.29, 1.82) is 0 Å². The molecule has 0 radical (unpaired) electrons. The Hall–Kier alpha value is -2.82. The van der Waals surface area contributed by atoms with Gasteiger partial charge in [0, 0.05) is 20.1 Å². The topological polar surface area (TPSA) is 106 Å². The van der Waals surface area contributed by atoms with Crippen molar-refractivity contribution in [1.82, 2.24) is 19.2 Å². The highest BCUT2D eigenvalue weighted by molar-refractivity contribution is 7.89. The lowest BCUT2D eigenvalue weighted by Gasteiger charge is -2.26. The van der Waals surface area contributed by atoms with E-state index >= 15 is 0 Å². The number of benzene rings is 2. The molecule has 0 saturated carbocycles. The Morgan fingerprint density at radius 1 is 1.18 bits per heavy atom. The normalized spacial score (nSPS) is 14.9. The molecular formula is C22H26ClN5O4S. The van der Waals surface area contributed by atoms with E-state index in [2.05, 4.69) is 15.6 Å². The molecule has 2 aromatic carbocycles. The fraction of sp³-hybridized carbons (Fsp3) is 0.364. The van der Waals surface area contributed by atoms with Gasteiger partial charge in [0.15, 0.2) is 0 Å². The Morgan fingerprint density at radius 2 is 1.94 bits per heavy atom. The standard InChI is InChI=1S/C22H26ClN5O4S/c1-27-20(25-17-8-6-7-16(23)21(17)27)14-24-22(29)26-18-13-15(9-10-19(18)32-2)33(30,31)28-11-4-3-5-12-28/h6-10,13H,3-5,11-12,14H2,1-2H3,(H2,24,26,29). The highest BCUT2D eigenvalue weighted by Gasteiger charge is 2.27. The zero-order chi connectivity index (χ0) is 23.6. The number of methoxy groups -OCH3 is 1. The molecule has 9 nitrogen and oxygen atoms in total. The predicted molar refractivity (Wildman–Crippen MR) is 127 cm³/mol. The summed E-state index contributed by atoms with van der Waals surface area (Å²) >= 11 is 6.26. The van der Waals surface area contributed by atoms with Gasteiger partial charge in [0.2, 0.25) is 10.0 Å². The van der Waals surface area contributed by atoms with Crippen LogP contribution in [-0.2, 0) is 23.6 Å². The van der Waals surface area contributed by atoms with Crippen LogP contribution in [0.1, 0.15) is 25.1 Å². The van der Waals surface area contributed by atoms with Gasteiger partial charge in [0.25, 0.3) is 0 Å². The van der Waals surface area contributed by atoms with E-state index < -0.39 is 16.1 Å². The summed E-state index contributed by atoms with van der Waals surface area (Å²) in [4.78, 5) is 17.2. The number of para-hydroxylation sites is 1. The molecule has 0 bridgehead atoms. The maximum Gasteiger partial charge on any atom is 0.319 e.